The van der Waals surface area contributed by atoms with Gasteiger partial charge in [-0.2, -0.15) is 0 Å². The molecule has 0 radical (unpaired) electrons. The van der Waals surface area contributed by atoms with Crippen LogP contribution >= 0.6 is 0 Å². The summed E-state index contributed by atoms with van der Waals surface area (Å²) >= 11 is 0. The zero-order chi connectivity index (χ0) is 13.7. The van der Waals surface area contributed by atoms with Gasteiger partial charge in [0, 0.05) is 31.3 Å². The maximum Gasteiger partial charge on any atom is 0.133 e. The fourth-order valence-electron chi connectivity index (χ4n) is 2.26. The molecule has 4 nitrogen and oxygen atoms in total. The highest BCUT2D eigenvalue weighted by atomic mass is 16.5. The fourth-order valence-corrected chi connectivity index (χ4v) is 2.26. The van der Waals surface area contributed by atoms with Gasteiger partial charge in [-0.15, -0.1) is 0 Å². The molecule has 0 aliphatic carbocycles. The summed E-state index contributed by atoms with van der Waals surface area (Å²) in [5, 5.41) is 3.36. The Labute approximate surface area is 116 Å². The van der Waals surface area contributed by atoms with E-state index >= 15 is 0 Å². The molecular weight excluding hydrogens is 238 g/mol. The third kappa shape index (κ3) is 4.16. The Hall–Kier alpha value is -1.16. The zero-order valence-electron chi connectivity index (χ0n) is 12.3. The average molecular weight is 263 g/mol. The smallest absolute Gasteiger partial charge is 0.133 e. The van der Waals surface area contributed by atoms with E-state index in [9.17, 15) is 0 Å². The Kier molecular flexibility index (Phi) is 5.14. The predicted molar refractivity (Wildman–Crippen MR) is 77.6 cm³/mol. The van der Waals surface area contributed by atoms with Crippen LogP contribution in [-0.2, 0) is 11.2 Å². The minimum atomic E-state index is 0.307. The van der Waals surface area contributed by atoms with Gasteiger partial charge in [0.05, 0.1) is 6.10 Å². The van der Waals surface area contributed by atoms with Gasteiger partial charge in [0.2, 0.25) is 0 Å². The second-order valence-electron chi connectivity index (χ2n) is 5.51. The van der Waals surface area contributed by atoms with E-state index in [-0.39, 0.29) is 0 Å². The Bertz CT molecular complexity index is 400. The maximum atomic E-state index is 5.68. The zero-order valence-corrected chi connectivity index (χ0v) is 12.3. The van der Waals surface area contributed by atoms with E-state index in [1.807, 2.05) is 0 Å². The summed E-state index contributed by atoms with van der Waals surface area (Å²) in [7, 11) is 0. The van der Waals surface area contributed by atoms with Gasteiger partial charge in [0.25, 0.3) is 0 Å². The second-order valence-corrected chi connectivity index (χ2v) is 5.51. The largest absolute Gasteiger partial charge is 0.378 e. The SMILES string of the molecule is CCCNc1cc(C(C)C)nc(CC2CCCO2)n1. The predicted octanol–water partition coefficient (Wildman–Crippen LogP) is 3.14. The molecule has 4 heteroatoms. The second kappa shape index (κ2) is 6.85. The molecule has 106 valence electrons. The van der Waals surface area contributed by atoms with Crippen LogP contribution in [0.5, 0.6) is 0 Å². The lowest BCUT2D eigenvalue weighted by atomic mass is 10.1. The Morgan fingerprint density at radius 1 is 1.42 bits per heavy atom. The number of nitrogens with zero attached hydrogens (tertiary/aromatic N) is 2. The van der Waals surface area contributed by atoms with Gasteiger partial charge < -0.3 is 10.1 Å². The van der Waals surface area contributed by atoms with E-state index in [0.29, 0.717) is 12.0 Å². The van der Waals surface area contributed by atoms with E-state index < -0.39 is 0 Å². The van der Waals surface area contributed by atoms with Crippen molar-refractivity contribution >= 4 is 5.82 Å². The molecule has 2 rings (SSSR count). The number of hydrogen-bond acceptors (Lipinski definition) is 4. The number of anilines is 1. The quantitative estimate of drug-likeness (QED) is 0.856. The summed E-state index contributed by atoms with van der Waals surface area (Å²) in [6, 6.07) is 2.07. The third-order valence-corrected chi connectivity index (χ3v) is 3.37. The first-order valence-corrected chi connectivity index (χ1v) is 7.42. The van der Waals surface area contributed by atoms with Crippen molar-refractivity contribution in [3.63, 3.8) is 0 Å². The van der Waals surface area contributed by atoms with Crippen molar-refractivity contribution in [3.8, 4) is 0 Å². The first-order chi connectivity index (χ1) is 9.19. The van der Waals surface area contributed by atoms with Crippen LogP contribution < -0.4 is 5.32 Å². The summed E-state index contributed by atoms with van der Waals surface area (Å²) in [5.41, 5.74) is 1.11. The molecule has 1 saturated heterocycles. The highest BCUT2D eigenvalue weighted by Gasteiger charge is 2.18. The lowest BCUT2D eigenvalue weighted by Crippen LogP contribution is -2.14. The van der Waals surface area contributed by atoms with Crippen molar-refractivity contribution in [2.45, 2.75) is 58.5 Å². The van der Waals surface area contributed by atoms with Gasteiger partial charge in [-0.1, -0.05) is 20.8 Å². The molecular formula is C15H25N3O. The van der Waals surface area contributed by atoms with Gasteiger partial charge in [0.1, 0.15) is 11.6 Å². The molecule has 0 bridgehead atoms. The lowest BCUT2D eigenvalue weighted by molar-refractivity contribution is 0.110. The van der Waals surface area contributed by atoms with Crippen LogP contribution in [-0.4, -0.2) is 29.2 Å². The number of hydrogen-bond donors (Lipinski definition) is 1. The van der Waals surface area contributed by atoms with Crippen LogP contribution in [0.3, 0.4) is 0 Å². The number of ether oxygens (including phenoxy) is 1. The lowest BCUT2D eigenvalue weighted by Gasteiger charge is -2.13. The maximum absolute atomic E-state index is 5.68. The molecule has 1 atom stereocenters. The van der Waals surface area contributed by atoms with Gasteiger partial charge in [0.15, 0.2) is 0 Å². The highest BCUT2D eigenvalue weighted by molar-refractivity contribution is 5.37. The minimum Gasteiger partial charge on any atom is -0.378 e. The Balaban J connectivity index is 2.12. The molecule has 1 aliphatic rings. The van der Waals surface area contributed by atoms with Gasteiger partial charge in [-0.3, -0.25) is 0 Å². The molecule has 1 aromatic rings. The molecule has 2 heterocycles. The number of rotatable bonds is 6. The summed E-state index contributed by atoms with van der Waals surface area (Å²) in [5.74, 6) is 2.29. The molecule has 1 unspecified atom stereocenters. The average Bonchev–Trinajstić information content (AvgIpc) is 2.89. The first kappa shape index (κ1) is 14.3. The molecule has 0 amide bonds. The van der Waals surface area contributed by atoms with Crippen molar-refractivity contribution in [2.24, 2.45) is 0 Å². The summed E-state index contributed by atoms with van der Waals surface area (Å²) in [4.78, 5) is 9.29. The monoisotopic (exact) mass is 263 g/mol. The molecule has 0 saturated carbocycles. The molecule has 0 aromatic carbocycles. The van der Waals surface area contributed by atoms with Crippen molar-refractivity contribution in [3.05, 3.63) is 17.6 Å². The molecule has 1 aliphatic heterocycles. The Morgan fingerprint density at radius 3 is 2.89 bits per heavy atom. The van der Waals surface area contributed by atoms with E-state index in [0.717, 1.165) is 56.2 Å². The Morgan fingerprint density at radius 2 is 2.26 bits per heavy atom. The van der Waals surface area contributed by atoms with E-state index in [4.69, 9.17) is 4.74 Å². The summed E-state index contributed by atoms with van der Waals surface area (Å²) in [6.07, 6.45) is 4.53. The molecule has 19 heavy (non-hydrogen) atoms. The molecule has 1 fully saturated rings. The van der Waals surface area contributed by atoms with Gasteiger partial charge >= 0.3 is 0 Å². The van der Waals surface area contributed by atoms with Crippen molar-refractivity contribution in [1.82, 2.24) is 9.97 Å². The normalized spacial score (nSPS) is 19.1. The molecule has 1 aromatic heterocycles. The highest BCUT2D eigenvalue weighted by Crippen LogP contribution is 2.19. The van der Waals surface area contributed by atoms with Crippen LogP contribution in [0.1, 0.15) is 57.5 Å². The third-order valence-electron chi connectivity index (χ3n) is 3.37. The molecule has 1 N–H and O–H groups in total. The minimum absolute atomic E-state index is 0.307. The van der Waals surface area contributed by atoms with Crippen LogP contribution in [0.2, 0.25) is 0 Å². The van der Waals surface area contributed by atoms with Crippen LogP contribution in [0, 0.1) is 0 Å². The molecule has 0 spiro atoms. The fraction of sp³-hybridized carbons (Fsp3) is 0.733. The standard InChI is InChI=1S/C15H25N3O/c1-4-7-16-14-10-13(11(2)3)17-15(18-14)9-12-6-5-8-19-12/h10-12H,4-9H2,1-3H3,(H,16,17,18). The van der Waals surface area contributed by atoms with Crippen LogP contribution in [0.25, 0.3) is 0 Å². The van der Waals surface area contributed by atoms with Crippen LogP contribution in [0.4, 0.5) is 5.82 Å². The van der Waals surface area contributed by atoms with E-state index in [1.54, 1.807) is 0 Å². The summed E-state index contributed by atoms with van der Waals surface area (Å²) < 4.78 is 5.68. The topological polar surface area (TPSA) is 47.0 Å². The van der Waals surface area contributed by atoms with Crippen molar-refractivity contribution in [1.29, 1.82) is 0 Å². The summed E-state index contributed by atoms with van der Waals surface area (Å²) in [6.45, 7) is 8.33. The van der Waals surface area contributed by atoms with Crippen LogP contribution in [0.15, 0.2) is 6.07 Å². The van der Waals surface area contributed by atoms with Crippen molar-refractivity contribution < 1.29 is 4.74 Å². The van der Waals surface area contributed by atoms with E-state index in [1.165, 1.54) is 0 Å². The first-order valence-electron chi connectivity index (χ1n) is 7.42. The van der Waals surface area contributed by atoms with Gasteiger partial charge in [-0.25, -0.2) is 9.97 Å². The van der Waals surface area contributed by atoms with Gasteiger partial charge in [-0.05, 0) is 25.2 Å². The van der Waals surface area contributed by atoms with E-state index in [2.05, 4.69) is 42.1 Å². The number of nitrogens with one attached hydrogen (secondary N) is 1. The van der Waals surface area contributed by atoms with Crippen molar-refractivity contribution in [2.75, 3.05) is 18.5 Å². The number of aromatic nitrogens is 2.